The highest BCUT2D eigenvalue weighted by Crippen LogP contribution is 2.16. The molecule has 0 bridgehead atoms. The molecule has 0 saturated heterocycles. The summed E-state index contributed by atoms with van der Waals surface area (Å²) in [6.45, 7) is -1.29. The number of halogens is 3. The van der Waals surface area contributed by atoms with Gasteiger partial charge in [0.1, 0.15) is 18.7 Å². The highest BCUT2D eigenvalue weighted by Gasteiger charge is 2.27. The number of carbonyl (C=O) groups is 1. The number of aromatic nitrogens is 2. The van der Waals surface area contributed by atoms with E-state index < -0.39 is 18.6 Å². The predicted octanol–water partition coefficient (Wildman–Crippen LogP) is 0.550. The molecule has 15 heavy (non-hydrogen) atoms. The number of carbonyl (C=O) groups excluding carboxylic acids is 1. The second kappa shape index (κ2) is 4.11. The lowest BCUT2D eigenvalue weighted by molar-refractivity contribution is -0.115. The first-order valence-electron chi connectivity index (χ1n) is 3.80. The number of anilines is 1. The summed E-state index contributed by atoms with van der Waals surface area (Å²) >= 11 is 0. The summed E-state index contributed by atoms with van der Waals surface area (Å²) in [5, 5.41) is 1.96. The quantitative estimate of drug-likeness (QED) is 0.779. The van der Waals surface area contributed by atoms with Crippen molar-refractivity contribution in [1.29, 1.82) is 0 Å². The Labute approximate surface area is 82.5 Å². The number of alkyl halides is 3. The number of hydrogen-bond acceptors (Lipinski definition) is 4. The van der Waals surface area contributed by atoms with Crippen molar-refractivity contribution < 1.29 is 18.0 Å². The number of primary amides is 1. The minimum atomic E-state index is -4.39. The van der Waals surface area contributed by atoms with Crippen LogP contribution in [0.15, 0.2) is 12.5 Å². The van der Waals surface area contributed by atoms with Crippen molar-refractivity contribution in [2.75, 3.05) is 11.9 Å². The van der Waals surface area contributed by atoms with E-state index in [-0.39, 0.29) is 11.4 Å². The van der Waals surface area contributed by atoms with Gasteiger partial charge >= 0.3 is 6.18 Å². The zero-order valence-electron chi connectivity index (χ0n) is 7.38. The van der Waals surface area contributed by atoms with Gasteiger partial charge in [-0.25, -0.2) is 9.97 Å². The molecule has 3 N–H and O–H groups in total. The number of nitrogens with two attached hydrogens (primary N) is 1. The van der Waals surface area contributed by atoms with Gasteiger partial charge in [-0.15, -0.1) is 0 Å². The van der Waals surface area contributed by atoms with E-state index in [2.05, 4.69) is 9.97 Å². The zero-order chi connectivity index (χ0) is 11.5. The van der Waals surface area contributed by atoms with Crippen molar-refractivity contribution in [2.45, 2.75) is 6.18 Å². The highest BCUT2D eigenvalue weighted by atomic mass is 19.4. The van der Waals surface area contributed by atoms with Crippen LogP contribution in [0.5, 0.6) is 0 Å². The molecule has 1 heterocycles. The molecule has 0 saturated carbocycles. The van der Waals surface area contributed by atoms with Crippen LogP contribution in [0.25, 0.3) is 0 Å². The van der Waals surface area contributed by atoms with Gasteiger partial charge in [-0.3, -0.25) is 4.79 Å². The van der Waals surface area contributed by atoms with Crippen LogP contribution in [0.2, 0.25) is 0 Å². The van der Waals surface area contributed by atoms with Crippen LogP contribution in [-0.2, 0) is 0 Å². The molecule has 82 valence electrons. The van der Waals surface area contributed by atoms with Crippen molar-refractivity contribution >= 4 is 11.7 Å². The molecule has 1 rings (SSSR count). The first-order chi connectivity index (χ1) is 6.90. The van der Waals surface area contributed by atoms with Crippen LogP contribution in [0.4, 0.5) is 19.0 Å². The summed E-state index contributed by atoms with van der Waals surface area (Å²) in [5.41, 5.74) is 4.73. The lowest BCUT2D eigenvalue weighted by Crippen LogP contribution is -2.24. The highest BCUT2D eigenvalue weighted by molar-refractivity contribution is 5.97. The fourth-order valence-electron chi connectivity index (χ4n) is 0.835. The van der Waals surface area contributed by atoms with Crippen LogP contribution in [0.1, 0.15) is 10.4 Å². The average molecular weight is 220 g/mol. The minimum Gasteiger partial charge on any atom is -0.365 e. The van der Waals surface area contributed by atoms with E-state index in [1.165, 1.54) is 0 Å². The number of rotatable bonds is 3. The Hall–Kier alpha value is -1.86. The van der Waals surface area contributed by atoms with E-state index in [1.54, 1.807) is 0 Å². The van der Waals surface area contributed by atoms with Crippen molar-refractivity contribution in [3.63, 3.8) is 0 Å². The maximum Gasteiger partial charge on any atom is 0.405 e. The molecule has 8 heteroatoms. The molecule has 0 aliphatic rings. The molecule has 0 radical (unpaired) electrons. The van der Waals surface area contributed by atoms with E-state index >= 15 is 0 Å². The van der Waals surface area contributed by atoms with Crippen molar-refractivity contribution in [1.82, 2.24) is 9.97 Å². The van der Waals surface area contributed by atoms with Gasteiger partial charge in [0, 0.05) is 6.20 Å². The Morgan fingerprint density at radius 3 is 2.73 bits per heavy atom. The number of nitrogens with zero attached hydrogens (tertiary/aromatic N) is 2. The Balaban J connectivity index is 2.81. The molecule has 5 nitrogen and oxygen atoms in total. The Kier molecular flexibility index (Phi) is 3.08. The molecule has 0 aliphatic carbocycles. The van der Waals surface area contributed by atoms with Crippen molar-refractivity contribution in [2.24, 2.45) is 5.73 Å². The summed E-state index contributed by atoms with van der Waals surface area (Å²) in [5.74, 6) is -1.12. The summed E-state index contributed by atoms with van der Waals surface area (Å²) in [7, 11) is 0. The third-order valence-corrected chi connectivity index (χ3v) is 1.43. The van der Waals surface area contributed by atoms with Crippen LogP contribution >= 0.6 is 0 Å². The van der Waals surface area contributed by atoms with Gasteiger partial charge in [0.15, 0.2) is 0 Å². The largest absolute Gasteiger partial charge is 0.405 e. The summed E-state index contributed by atoms with van der Waals surface area (Å²) in [4.78, 5) is 17.7. The second-order valence-corrected chi connectivity index (χ2v) is 2.62. The molecule has 0 fully saturated rings. The summed E-state index contributed by atoms with van der Waals surface area (Å²) in [6, 6.07) is 0. The van der Waals surface area contributed by atoms with Crippen LogP contribution in [0, 0.1) is 0 Å². The minimum absolute atomic E-state index is 0.179. The summed E-state index contributed by atoms with van der Waals surface area (Å²) in [6.07, 6.45) is -2.32. The number of hydrogen-bond donors (Lipinski definition) is 2. The monoisotopic (exact) mass is 220 g/mol. The lowest BCUT2D eigenvalue weighted by atomic mass is 10.3. The molecule has 0 spiro atoms. The molecule has 1 amide bonds. The van der Waals surface area contributed by atoms with E-state index in [9.17, 15) is 18.0 Å². The Morgan fingerprint density at radius 1 is 1.53 bits per heavy atom. The maximum absolute atomic E-state index is 11.9. The molecule has 0 atom stereocenters. The van der Waals surface area contributed by atoms with Gasteiger partial charge in [-0.2, -0.15) is 13.2 Å². The molecular weight excluding hydrogens is 213 g/mol. The topological polar surface area (TPSA) is 80.9 Å². The van der Waals surface area contributed by atoms with Crippen molar-refractivity contribution in [3.8, 4) is 0 Å². The van der Waals surface area contributed by atoms with Gasteiger partial charge in [0.05, 0.1) is 5.56 Å². The molecule has 0 unspecified atom stereocenters. The predicted molar refractivity (Wildman–Crippen MR) is 45.1 cm³/mol. The smallest absolute Gasteiger partial charge is 0.365 e. The first-order valence-corrected chi connectivity index (χ1v) is 3.80. The van der Waals surface area contributed by atoms with E-state index in [0.717, 1.165) is 12.5 Å². The SMILES string of the molecule is NC(=O)c1cncnc1NCC(F)(F)F. The van der Waals surface area contributed by atoms with Gasteiger partial charge in [0.2, 0.25) is 0 Å². The fourth-order valence-corrected chi connectivity index (χ4v) is 0.835. The van der Waals surface area contributed by atoms with Crippen LogP contribution in [-0.4, -0.2) is 28.6 Å². The third-order valence-electron chi connectivity index (χ3n) is 1.43. The lowest BCUT2D eigenvalue weighted by Gasteiger charge is -2.10. The van der Waals surface area contributed by atoms with Gasteiger partial charge in [-0.05, 0) is 0 Å². The normalized spacial score (nSPS) is 11.1. The van der Waals surface area contributed by atoms with Crippen LogP contribution in [0.3, 0.4) is 0 Å². The third kappa shape index (κ3) is 3.41. The molecular formula is C7H7F3N4O. The van der Waals surface area contributed by atoms with E-state index in [1.807, 2.05) is 5.32 Å². The number of amides is 1. The Bertz CT molecular complexity index is 365. The molecule has 1 aromatic heterocycles. The second-order valence-electron chi connectivity index (χ2n) is 2.62. The average Bonchev–Trinajstić information content (AvgIpc) is 2.14. The molecule has 0 aliphatic heterocycles. The zero-order valence-corrected chi connectivity index (χ0v) is 7.38. The van der Waals surface area contributed by atoms with Crippen molar-refractivity contribution in [3.05, 3.63) is 18.1 Å². The standard InChI is InChI=1S/C7H7F3N4O/c8-7(9,10)2-13-6-4(5(11)15)1-12-3-14-6/h1,3H,2H2,(H2,11,15)(H,12,13,14). The molecule has 1 aromatic rings. The van der Waals surface area contributed by atoms with Gasteiger partial charge in [0.25, 0.3) is 5.91 Å². The fraction of sp³-hybridized carbons (Fsp3) is 0.286. The van der Waals surface area contributed by atoms with Crippen LogP contribution < -0.4 is 11.1 Å². The summed E-state index contributed by atoms with van der Waals surface area (Å²) < 4.78 is 35.6. The molecule has 0 aromatic carbocycles. The Morgan fingerprint density at radius 2 is 2.20 bits per heavy atom. The first kappa shape index (κ1) is 11.2. The maximum atomic E-state index is 11.9. The van der Waals surface area contributed by atoms with E-state index in [0.29, 0.717) is 0 Å². The van der Waals surface area contributed by atoms with E-state index in [4.69, 9.17) is 5.73 Å². The van der Waals surface area contributed by atoms with Gasteiger partial charge < -0.3 is 11.1 Å². The number of nitrogens with one attached hydrogen (secondary N) is 1. The van der Waals surface area contributed by atoms with Gasteiger partial charge in [-0.1, -0.05) is 0 Å².